The van der Waals surface area contributed by atoms with Crippen LogP contribution in [0.15, 0.2) is 54.9 Å². The van der Waals surface area contributed by atoms with Gasteiger partial charge in [-0.3, -0.25) is 9.78 Å². The third kappa shape index (κ3) is 3.88. The summed E-state index contributed by atoms with van der Waals surface area (Å²) in [6, 6.07) is 13.7. The van der Waals surface area contributed by atoms with Crippen molar-refractivity contribution in [3.63, 3.8) is 0 Å². The zero-order valence-corrected chi connectivity index (χ0v) is 14.8. The fraction of sp³-hybridized carbons (Fsp3) is 0.429. The van der Waals surface area contributed by atoms with Crippen molar-refractivity contribution >= 4 is 5.91 Å². The van der Waals surface area contributed by atoms with Crippen LogP contribution in [0.4, 0.5) is 0 Å². The van der Waals surface area contributed by atoms with Gasteiger partial charge in [-0.2, -0.15) is 0 Å². The van der Waals surface area contributed by atoms with Gasteiger partial charge in [0.05, 0.1) is 24.8 Å². The minimum atomic E-state index is -0.142. The zero-order chi connectivity index (χ0) is 17.8. The first-order chi connectivity index (χ1) is 12.7. The summed E-state index contributed by atoms with van der Waals surface area (Å²) >= 11 is 0. The Labute approximate surface area is 153 Å². The molecule has 5 heteroatoms. The van der Waals surface area contributed by atoms with E-state index in [1.54, 1.807) is 12.4 Å². The predicted molar refractivity (Wildman–Crippen MR) is 97.9 cm³/mol. The number of nitrogens with zero attached hydrogens (tertiary/aromatic N) is 2. The molecule has 1 unspecified atom stereocenters. The van der Waals surface area contributed by atoms with Crippen molar-refractivity contribution < 1.29 is 14.3 Å². The second kappa shape index (κ2) is 7.46. The summed E-state index contributed by atoms with van der Waals surface area (Å²) in [6.45, 7) is 2.11. The smallest absolute Gasteiger partial charge is 0.226 e. The van der Waals surface area contributed by atoms with Crippen LogP contribution in [-0.2, 0) is 16.0 Å². The van der Waals surface area contributed by atoms with Gasteiger partial charge >= 0.3 is 0 Å². The molecule has 1 amide bonds. The van der Waals surface area contributed by atoms with E-state index in [1.165, 1.54) is 0 Å². The van der Waals surface area contributed by atoms with E-state index in [9.17, 15) is 4.79 Å². The van der Waals surface area contributed by atoms with Crippen LogP contribution in [0.25, 0.3) is 0 Å². The van der Waals surface area contributed by atoms with Crippen LogP contribution in [0, 0.1) is 0 Å². The third-order valence-electron chi connectivity index (χ3n) is 5.34. The number of aromatic nitrogens is 1. The van der Waals surface area contributed by atoms with Gasteiger partial charge in [0.25, 0.3) is 0 Å². The van der Waals surface area contributed by atoms with Crippen LogP contribution in [-0.4, -0.2) is 47.2 Å². The van der Waals surface area contributed by atoms with Crippen molar-refractivity contribution in [2.45, 2.75) is 37.4 Å². The molecular formula is C21H24N2O3. The van der Waals surface area contributed by atoms with Crippen LogP contribution in [0.2, 0.25) is 0 Å². The van der Waals surface area contributed by atoms with Crippen molar-refractivity contribution in [3.8, 4) is 5.75 Å². The van der Waals surface area contributed by atoms with Crippen molar-refractivity contribution in [2.75, 3.05) is 19.7 Å². The maximum atomic E-state index is 12.5. The summed E-state index contributed by atoms with van der Waals surface area (Å²) < 4.78 is 12.1. The lowest BCUT2D eigenvalue weighted by Gasteiger charge is -2.38. The molecule has 2 saturated heterocycles. The number of ether oxygens (including phenoxy) is 2. The Morgan fingerprint density at radius 2 is 2.00 bits per heavy atom. The average molecular weight is 352 g/mol. The minimum Gasteiger partial charge on any atom is -0.486 e. The molecule has 5 nitrogen and oxygen atoms in total. The van der Waals surface area contributed by atoms with Gasteiger partial charge in [-0.15, -0.1) is 0 Å². The monoisotopic (exact) mass is 352 g/mol. The molecule has 0 saturated carbocycles. The number of hydrogen-bond donors (Lipinski definition) is 0. The lowest BCUT2D eigenvalue weighted by atomic mass is 9.87. The molecule has 4 rings (SSSR count). The molecule has 2 fully saturated rings. The highest BCUT2D eigenvalue weighted by Crippen LogP contribution is 2.37. The molecule has 1 spiro atoms. The largest absolute Gasteiger partial charge is 0.486 e. The molecule has 136 valence electrons. The first kappa shape index (κ1) is 17.0. The fourth-order valence-electron chi connectivity index (χ4n) is 3.88. The zero-order valence-electron chi connectivity index (χ0n) is 14.8. The van der Waals surface area contributed by atoms with Crippen LogP contribution in [0.5, 0.6) is 5.75 Å². The predicted octanol–water partition coefficient (Wildman–Crippen LogP) is 2.85. The van der Waals surface area contributed by atoms with Crippen LogP contribution in [0.3, 0.4) is 0 Å². The highest BCUT2D eigenvalue weighted by Gasteiger charge is 2.44. The second-order valence-electron chi connectivity index (χ2n) is 7.17. The highest BCUT2D eigenvalue weighted by atomic mass is 16.6. The number of carbonyl (C=O) groups is 1. The van der Waals surface area contributed by atoms with Gasteiger partial charge in [0, 0.05) is 25.7 Å². The maximum Gasteiger partial charge on any atom is 0.226 e. The number of piperidine rings is 1. The number of carbonyl (C=O) groups excluding carboxylic acids is 1. The normalized spacial score (nSPS) is 21.7. The first-order valence-electron chi connectivity index (χ1n) is 9.25. The lowest BCUT2D eigenvalue weighted by molar-refractivity contribution is -0.135. The van der Waals surface area contributed by atoms with Gasteiger partial charge < -0.3 is 14.4 Å². The Kier molecular flexibility index (Phi) is 4.89. The third-order valence-corrected chi connectivity index (χ3v) is 5.34. The van der Waals surface area contributed by atoms with E-state index in [0.717, 1.165) is 43.7 Å². The van der Waals surface area contributed by atoms with Crippen LogP contribution >= 0.6 is 0 Å². The Morgan fingerprint density at radius 3 is 2.73 bits per heavy atom. The fourth-order valence-corrected chi connectivity index (χ4v) is 3.88. The molecule has 3 heterocycles. The van der Waals surface area contributed by atoms with E-state index in [2.05, 4.69) is 4.98 Å². The molecule has 0 radical (unpaired) electrons. The second-order valence-corrected chi connectivity index (χ2v) is 7.17. The molecular weight excluding hydrogens is 328 g/mol. The molecule has 2 aromatic rings. The molecule has 26 heavy (non-hydrogen) atoms. The number of likely N-dealkylation sites (tertiary alicyclic amines) is 1. The van der Waals surface area contributed by atoms with E-state index in [1.807, 2.05) is 47.4 Å². The van der Waals surface area contributed by atoms with Crippen molar-refractivity contribution in [2.24, 2.45) is 0 Å². The topological polar surface area (TPSA) is 51.7 Å². The number of benzene rings is 1. The lowest BCUT2D eigenvalue weighted by Crippen LogP contribution is -2.47. The summed E-state index contributed by atoms with van der Waals surface area (Å²) in [5, 5.41) is 0. The summed E-state index contributed by atoms with van der Waals surface area (Å²) in [5.41, 5.74) is 0.927. The Bertz CT molecular complexity index is 727. The summed E-state index contributed by atoms with van der Waals surface area (Å²) in [4.78, 5) is 18.6. The Morgan fingerprint density at radius 1 is 1.19 bits per heavy atom. The summed E-state index contributed by atoms with van der Waals surface area (Å²) in [6.07, 6.45) is 6.63. The number of pyridine rings is 1. The van der Waals surface area contributed by atoms with Gasteiger partial charge in [0.15, 0.2) is 0 Å². The summed E-state index contributed by atoms with van der Waals surface area (Å²) in [5.74, 6) is 0.987. The molecule has 1 aromatic carbocycles. The van der Waals surface area contributed by atoms with Crippen molar-refractivity contribution in [1.29, 1.82) is 0 Å². The minimum absolute atomic E-state index is 0.0609. The van der Waals surface area contributed by atoms with E-state index in [-0.39, 0.29) is 17.6 Å². The van der Waals surface area contributed by atoms with Gasteiger partial charge in [-0.05, 0) is 30.5 Å². The molecule has 1 aromatic heterocycles. The molecule has 0 bridgehead atoms. The number of amides is 1. The molecule has 0 aliphatic carbocycles. The Balaban J connectivity index is 1.29. The van der Waals surface area contributed by atoms with Gasteiger partial charge in [-0.1, -0.05) is 30.3 Å². The molecule has 1 atom stereocenters. The van der Waals surface area contributed by atoms with Crippen molar-refractivity contribution in [3.05, 3.63) is 60.4 Å². The maximum absolute atomic E-state index is 12.5. The van der Waals surface area contributed by atoms with Crippen molar-refractivity contribution in [1.82, 2.24) is 9.88 Å². The van der Waals surface area contributed by atoms with Gasteiger partial charge in [-0.25, -0.2) is 0 Å². The Hall–Kier alpha value is -2.40. The number of hydrogen-bond acceptors (Lipinski definition) is 4. The highest BCUT2D eigenvalue weighted by molar-refractivity contribution is 5.78. The molecule has 2 aliphatic rings. The van der Waals surface area contributed by atoms with Crippen LogP contribution < -0.4 is 4.74 Å². The van der Waals surface area contributed by atoms with Gasteiger partial charge in [0.1, 0.15) is 11.9 Å². The quantitative estimate of drug-likeness (QED) is 0.849. The van der Waals surface area contributed by atoms with Gasteiger partial charge in [0.2, 0.25) is 5.91 Å². The first-order valence-corrected chi connectivity index (χ1v) is 9.25. The standard InChI is InChI=1S/C21H24N2O3/c24-20(13-17-5-2-1-3-6-17)23-11-8-21(9-12-23)14-19(16-25-21)26-18-7-4-10-22-15-18/h1-7,10,15,19H,8-9,11-14,16H2. The van der Waals surface area contributed by atoms with Crippen LogP contribution in [0.1, 0.15) is 24.8 Å². The SMILES string of the molecule is O=C(Cc1ccccc1)N1CCC2(CC1)CC(Oc1cccnc1)CO2. The number of rotatable bonds is 4. The molecule has 2 aliphatic heterocycles. The van der Waals surface area contributed by atoms with E-state index >= 15 is 0 Å². The van der Waals surface area contributed by atoms with E-state index < -0.39 is 0 Å². The molecule has 0 N–H and O–H groups in total. The van der Waals surface area contributed by atoms with E-state index in [0.29, 0.717) is 13.0 Å². The summed E-state index contributed by atoms with van der Waals surface area (Å²) in [7, 11) is 0. The van der Waals surface area contributed by atoms with E-state index in [4.69, 9.17) is 9.47 Å². The average Bonchev–Trinajstić information content (AvgIpc) is 3.06.